The fourth-order valence-corrected chi connectivity index (χ4v) is 4.83. The van der Waals surface area contributed by atoms with Gasteiger partial charge in [0.15, 0.2) is 0 Å². The van der Waals surface area contributed by atoms with E-state index < -0.39 is 16.0 Å². The van der Waals surface area contributed by atoms with Crippen molar-refractivity contribution in [3.8, 4) is 0 Å². The number of carboxylic acid groups (broad SMARTS) is 1. The summed E-state index contributed by atoms with van der Waals surface area (Å²) in [4.78, 5) is 25.4. The lowest BCUT2D eigenvalue weighted by atomic mass is 9.96. The van der Waals surface area contributed by atoms with Gasteiger partial charge in [-0.05, 0) is 25.0 Å². The van der Waals surface area contributed by atoms with Gasteiger partial charge < -0.3 is 10.0 Å². The monoisotopic (exact) mass is 392 g/mol. The van der Waals surface area contributed by atoms with Gasteiger partial charge in [-0.3, -0.25) is 4.79 Å². The smallest absolute Gasteiger partial charge is 0.337 e. The second-order valence-electron chi connectivity index (χ2n) is 6.30. The van der Waals surface area contributed by atoms with Crippen LogP contribution in [0.15, 0.2) is 54.5 Å². The summed E-state index contributed by atoms with van der Waals surface area (Å²) in [5, 5.41) is 9.26. The number of carbonyl (C=O) groups is 2. The molecule has 0 aliphatic carbocycles. The fraction of sp³-hybridized carbons (Fsp3) is 0.368. The predicted molar refractivity (Wildman–Crippen MR) is 102 cm³/mol. The van der Waals surface area contributed by atoms with E-state index in [0.717, 1.165) is 0 Å². The molecule has 1 N–H and O–H groups in total. The summed E-state index contributed by atoms with van der Waals surface area (Å²) < 4.78 is 27.0. The highest BCUT2D eigenvalue weighted by Gasteiger charge is 2.35. The van der Waals surface area contributed by atoms with Crippen LogP contribution in [0.25, 0.3) is 0 Å². The number of rotatable bonds is 8. The highest BCUT2D eigenvalue weighted by Crippen LogP contribution is 2.27. The highest BCUT2D eigenvalue weighted by atomic mass is 32.2. The Morgan fingerprint density at radius 3 is 2.22 bits per heavy atom. The molecule has 146 valence electrons. The van der Waals surface area contributed by atoms with Crippen molar-refractivity contribution >= 4 is 21.9 Å². The molecule has 27 heavy (non-hydrogen) atoms. The van der Waals surface area contributed by atoms with Crippen LogP contribution in [-0.2, 0) is 14.8 Å². The van der Waals surface area contributed by atoms with E-state index in [0.29, 0.717) is 25.9 Å². The topological polar surface area (TPSA) is 95.0 Å². The zero-order chi connectivity index (χ0) is 20.0. The van der Waals surface area contributed by atoms with Crippen molar-refractivity contribution in [2.45, 2.75) is 17.7 Å². The second kappa shape index (κ2) is 8.96. The minimum Gasteiger partial charge on any atom is -0.478 e. The third-order valence-electron chi connectivity index (χ3n) is 4.55. The third kappa shape index (κ3) is 4.64. The van der Waals surface area contributed by atoms with Crippen molar-refractivity contribution in [1.82, 2.24) is 9.21 Å². The van der Waals surface area contributed by atoms with Crippen molar-refractivity contribution < 1.29 is 23.1 Å². The molecule has 2 rings (SSSR count). The Bertz CT molecular complexity index is 816. The Hall–Kier alpha value is -2.45. The van der Waals surface area contributed by atoms with Gasteiger partial charge in [0.05, 0.1) is 10.5 Å². The molecule has 0 spiro atoms. The number of amides is 1. The number of nitrogens with zero attached hydrogens (tertiary/aromatic N) is 2. The van der Waals surface area contributed by atoms with Crippen LogP contribution in [0.5, 0.6) is 0 Å². The first kappa shape index (κ1) is 20.9. The second-order valence-corrected chi connectivity index (χ2v) is 8.21. The lowest BCUT2D eigenvalue weighted by Gasteiger charge is -2.33. The number of carboxylic acids is 1. The maximum atomic E-state index is 12.9. The van der Waals surface area contributed by atoms with Crippen LogP contribution in [-0.4, -0.2) is 60.8 Å². The van der Waals surface area contributed by atoms with Crippen LogP contribution in [0.4, 0.5) is 0 Å². The third-order valence-corrected chi connectivity index (χ3v) is 6.51. The van der Waals surface area contributed by atoms with Gasteiger partial charge in [-0.25, -0.2) is 13.2 Å². The van der Waals surface area contributed by atoms with Crippen LogP contribution in [0, 0.1) is 5.92 Å². The molecule has 1 aromatic carbocycles. The summed E-state index contributed by atoms with van der Waals surface area (Å²) >= 11 is 0. The van der Waals surface area contributed by atoms with Crippen LogP contribution >= 0.6 is 0 Å². The minimum atomic E-state index is -3.93. The van der Waals surface area contributed by atoms with E-state index in [2.05, 4.69) is 13.2 Å². The maximum Gasteiger partial charge on any atom is 0.337 e. The number of benzene rings is 1. The normalized spacial score (nSPS) is 15.9. The molecule has 1 fully saturated rings. The fourth-order valence-electron chi connectivity index (χ4n) is 3.17. The van der Waals surface area contributed by atoms with Gasteiger partial charge in [0.1, 0.15) is 0 Å². The average molecular weight is 392 g/mol. The molecular weight excluding hydrogens is 368 g/mol. The lowest BCUT2D eigenvalue weighted by molar-refractivity contribution is -0.135. The maximum absolute atomic E-state index is 12.9. The van der Waals surface area contributed by atoms with Crippen LogP contribution in [0.3, 0.4) is 0 Å². The first-order valence-electron chi connectivity index (χ1n) is 8.66. The predicted octanol–water partition coefficient (Wildman–Crippen LogP) is 1.99. The Labute approximate surface area is 159 Å². The standard InChI is InChI=1S/C19H24N2O5S/c1-3-11-20(12-4-2)18(22)15-9-13-21(14-10-15)27(25,26)17-8-6-5-7-16(17)19(23)24/h3-8,15H,1-2,9-14H2,(H,23,24). The molecule has 1 aliphatic heterocycles. The van der Waals surface area contributed by atoms with E-state index in [1.54, 1.807) is 17.1 Å². The Balaban J connectivity index is 2.13. The largest absolute Gasteiger partial charge is 0.478 e. The lowest BCUT2D eigenvalue weighted by Crippen LogP contribution is -2.44. The summed E-state index contributed by atoms with van der Waals surface area (Å²) in [5.41, 5.74) is -0.251. The highest BCUT2D eigenvalue weighted by molar-refractivity contribution is 7.89. The van der Waals surface area contributed by atoms with Gasteiger partial charge in [-0.2, -0.15) is 4.31 Å². The van der Waals surface area contributed by atoms with Crippen LogP contribution in [0.2, 0.25) is 0 Å². The molecule has 0 atom stereocenters. The molecule has 0 aromatic heterocycles. The molecule has 1 aromatic rings. The van der Waals surface area contributed by atoms with Gasteiger partial charge in [-0.15, -0.1) is 13.2 Å². The zero-order valence-electron chi connectivity index (χ0n) is 15.1. The van der Waals surface area contributed by atoms with Gasteiger partial charge in [0.2, 0.25) is 15.9 Å². The Kier molecular flexibility index (Phi) is 6.92. The first-order valence-corrected chi connectivity index (χ1v) is 10.1. The van der Waals surface area contributed by atoms with E-state index in [4.69, 9.17) is 0 Å². The van der Waals surface area contributed by atoms with Crippen LogP contribution < -0.4 is 0 Å². The van der Waals surface area contributed by atoms with Crippen molar-refractivity contribution in [1.29, 1.82) is 0 Å². The van der Waals surface area contributed by atoms with E-state index in [1.165, 1.54) is 28.6 Å². The molecule has 1 aliphatic rings. The Morgan fingerprint density at radius 1 is 1.15 bits per heavy atom. The molecule has 1 amide bonds. The summed E-state index contributed by atoms with van der Waals surface area (Å²) in [6, 6.07) is 5.55. The number of aromatic carboxylic acids is 1. The number of sulfonamides is 1. The van der Waals surface area contributed by atoms with Crippen molar-refractivity contribution in [2.75, 3.05) is 26.2 Å². The van der Waals surface area contributed by atoms with Crippen LogP contribution in [0.1, 0.15) is 23.2 Å². The molecule has 0 radical (unpaired) electrons. The van der Waals surface area contributed by atoms with Crippen molar-refractivity contribution in [3.05, 3.63) is 55.1 Å². The quantitative estimate of drug-likeness (QED) is 0.683. The molecule has 0 unspecified atom stereocenters. The summed E-state index contributed by atoms with van der Waals surface area (Å²) in [7, 11) is -3.93. The van der Waals surface area contributed by atoms with Gasteiger partial charge in [-0.1, -0.05) is 24.3 Å². The first-order chi connectivity index (χ1) is 12.8. The van der Waals surface area contributed by atoms with Crippen molar-refractivity contribution in [3.63, 3.8) is 0 Å². The van der Waals surface area contributed by atoms with E-state index >= 15 is 0 Å². The Morgan fingerprint density at radius 2 is 1.70 bits per heavy atom. The van der Waals surface area contributed by atoms with Gasteiger partial charge >= 0.3 is 5.97 Å². The van der Waals surface area contributed by atoms with E-state index in [1.807, 2.05) is 0 Å². The van der Waals surface area contributed by atoms with Gasteiger partial charge in [0.25, 0.3) is 0 Å². The minimum absolute atomic E-state index is 0.0437. The molecular formula is C19H24N2O5S. The number of hydrogen-bond acceptors (Lipinski definition) is 4. The van der Waals surface area contributed by atoms with E-state index in [-0.39, 0.29) is 35.4 Å². The molecule has 1 heterocycles. The van der Waals surface area contributed by atoms with Gasteiger partial charge in [0, 0.05) is 32.1 Å². The number of hydrogen-bond donors (Lipinski definition) is 1. The molecule has 8 heteroatoms. The average Bonchev–Trinajstić information content (AvgIpc) is 2.67. The molecule has 0 bridgehead atoms. The molecule has 0 saturated carbocycles. The molecule has 7 nitrogen and oxygen atoms in total. The summed E-state index contributed by atoms with van der Waals surface area (Å²) in [6.07, 6.45) is 4.06. The zero-order valence-corrected chi connectivity index (χ0v) is 15.9. The summed E-state index contributed by atoms with van der Waals surface area (Å²) in [5.74, 6) is -1.60. The van der Waals surface area contributed by atoms with E-state index in [9.17, 15) is 23.1 Å². The summed E-state index contributed by atoms with van der Waals surface area (Å²) in [6.45, 7) is 8.46. The van der Waals surface area contributed by atoms with Crippen molar-refractivity contribution in [2.24, 2.45) is 5.92 Å². The number of piperidine rings is 1. The SMILES string of the molecule is C=CCN(CC=C)C(=O)C1CCN(S(=O)(=O)c2ccccc2C(=O)O)CC1. The molecule has 1 saturated heterocycles. The number of carbonyl (C=O) groups excluding carboxylic acids is 1.